The molecule has 0 rings (SSSR count). The molecular formula is H6Cl2KMgNa. The van der Waals surface area contributed by atoms with E-state index in [0.29, 0.717) is 0 Å². The molecule has 0 amide bonds. The molecule has 0 aromatic carbocycles. The fraction of sp³-hybridized carbons (Fsp3) is 0. The van der Waals surface area contributed by atoms with E-state index in [1.165, 1.54) is 0 Å². The first-order valence-corrected chi connectivity index (χ1v) is 0. The summed E-state index contributed by atoms with van der Waals surface area (Å²) in [6.45, 7) is 0. The van der Waals surface area contributed by atoms with Gasteiger partial charge in [-0.05, 0) is 0 Å². The molecule has 0 fully saturated rings. The van der Waals surface area contributed by atoms with Gasteiger partial charge in [0.1, 0.15) is 0 Å². The van der Waals surface area contributed by atoms with E-state index >= 15 is 0 Å². The van der Waals surface area contributed by atoms with Crippen LogP contribution in [0.2, 0.25) is 0 Å². The van der Waals surface area contributed by atoms with Crippen LogP contribution in [0.5, 0.6) is 0 Å². The minimum absolute atomic E-state index is 0. The average molecular weight is 163 g/mol. The van der Waals surface area contributed by atoms with Crippen LogP contribution >= 0.6 is 24.8 Å². The maximum atomic E-state index is 0. The summed E-state index contributed by atoms with van der Waals surface area (Å²) >= 11 is 0. The summed E-state index contributed by atoms with van der Waals surface area (Å²) in [4.78, 5) is 0. The molecule has 0 aliphatic rings. The Morgan fingerprint density at radius 3 is 0.800 bits per heavy atom. The molecule has 0 bridgehead atoms. The topological polar surface area (TPSA) is 0 Å². The second-order valence-electron chi connectivity index (χ2n) is 0. The van der Waals surface area contributed by atoms with Crippen molar-refractivity contribution in [3.8, 4) is 0 Å². The predicted octanol–water partition coefficient (Wildman–Crippen LogP) is -1.37. The van der Waals surface area contributed by atoms with Crippen molar-refractivity contribution in [2.45, 2.75) is 0 Å². The Balaban J connectivity index is 0. The van der Waals surface area contributed by atoms with Crippen molar-refractivity contribution in [2.75, 3.05) is 0 Å². The molecule has 0 heterocycles. The molecule has 0 nitrogen and oxygen atoms in total. The van der Waals surface area contributed by atoms with Crippen LogP contribution in [-0.2, 0) is 0 Å². The van der Waals surface area contributed by atoms with Crippen LogP contribution in [0.3, 0.4) is 0 Å². The van der Waals surface area contributed by atoms with Crippen LogP contribution in [0, 0.1) is 0 Å². The summed E-state index contributed by atoms with van der Waals surface area (Å²) in [5, 5.41) is 0. The fourth-order valence-electron chi connectivity index (χ4n) is 0. The number of hydrogen-bond donors (Lipinski definition) is 0. The van der Waals surface area contributed by atoms with Crippen molar-refractivity contribution in [1.29, 1.82) is 0 Å². The minimum atomic E-state index is 0. The second-order valence-corrected chi connectivity index (χ2v) is 0. The summed E-state index contributed by atoms with van der Waals surface area (Å²) in [7, 11) is 0. The molecule has 5 heteroatoms. The molecule has 0 saturated heterocycles. The molecule has 0 aliphatic heterocycles. The van der Waals surface area contributed by atoms with Gasteiger partial charge in [0, 0.05) is 0 Å². The van der Waals surface area contributed by atoms with E-state index in [-0.39, 0.29) is 129 Å². The van der Waals surface area contributed by atoms with Crippen LogP contribution in [0.25, 0.3) is 0 Å². The van der Waals surface area contributed by atoms with Crippen molar-refractivity contribution >= 4 is 129 Å². The van der Waals surface area contributed by atoms with Gasteiger partial charge in [0.2, 0.25) is 0 Å². The summed E-state index contributed by atoms with van der Waals surface area (Å²) in [5.41, 5.74) is 0. The van der Waals surface area contributed by atoms with E-state index in [2.05, 4.69) is 0 Å². The quantitative estimate of drug-likeness (QED) is 0.387. The normalized spacial score (nSPS) is 0. The Hall–Kier alpha value is 3.98. The Labute approximate surface area is 125 Å². The third kappa shape index (κ3) is 18.0. The first-order chi connectivity index (χ1) is 0. The van der Waals surface area contributed by atoms with Gasteiger partial charge < -0.3 is 0 Å². The summed E-state index contributed by atoms with van der Waals surface area (Å²) in [5.74, 6) is 0. The second kappa shape index (κ2) is 24.5. The van der Waals surface area contributed by atoms with Crippen LogP contribution in [-0.4, -0.2) is 104 Å². The molecule has 0 spiro atoms. The SMILES string of the molecule is Cl.Cl.[KH].[MgH2].[NaH]. The van der Waals surface area contributed by atoms with Crippen molar-refractivity contribution in [3.05, 3.63) is 0 Å². The molecule has 5 heavy (non-hydrogen) atoms. The first-order valence-electron chi connectivity index (χ1n) is 0. The van der Waals surface area contributed by atoms with E-state index < -0.39 is 0 Å². The number of halogens is 2. The Morgan fingerprint density at radius 1 is 0.800 bits per heavy atom. The van der Waals surface area contributed by atoms with Gasteiger partial charge in [-0.25, -0.2) is 0 Å². The molecule has 0 radical (unpaired) electrons. The van der Waals surface area contributed by atoms with Crippen molar-refractivity contribution in [1.82, 2.24) is 0 Å². The Bertz CT molecular complexity index is 9.61. The van der Waals surface area contributed by atoms with Crippen molar-refractivity contribution < 1.29 is 0 Å². The number of rotatable bonds is 0. The van der Waals surface area contributed by atoms with E-state index in [0.717, 1.165) is 0 Å². The zero-order valence-electron chi connectivity index (χ0n) is 0.816. The van der Waals surface area contributed by atoms with Crippen molar-refractivity contribution in [2.24, 2.45) is 0 Å². The molecule has 0 aliphatic carbocycles. The molecular weight excluding hydrogens is 157 g/mol. The fourth-order valence-corrected chi connectivity index (χ4v) is 0. The van der Waals surface area contributed by atoms with Gasteiger partial charge in [-0.2, -0.15) is 0 Å². The standard InChI is InChI=1S/2ClH.K.Mg.Na.4H/h2*1H;;;;;;;. The molecule has 0 atom stereocenters. The zero-order valence-corrected chi connectivity index (χ0v) is 2.45. The predicted molar refractivity (Wildman–Crippen MR) is 37.3 cm³/mol. The van der Waals surface area contributed by atoms with Gasteiger partial charge in [0.15, 0.2) is 0 Å². The van der Waals surface area contributed by atoms with E-state index in [1.54, 1.807) is 0 Å². The van der Waals surface area contributed by atoms with Gasteiger partial charge in [-0.15, -0.1) is 24.8 Å². The van der Waals surface area contributed by atoms with E-state index in [1.807, 2.05) is 0 Å². The molecule has 0 N–H and O–H groups in total. The van der Waals surface area contributed by atoms with Gasteiger partial charge >= 0.3 is 104 Å². The third-order valence-corrected chi connectivity index (χ3v) is 0. The van der Waals surface area contributed by atoms with Crippen LogP contribution in [0.4, 0.5) is 0 Å². The molecule has 0 aromatic heterocycles. The van der Waals surface area contributed by atoms with Crippen LogP contribution in [0.1, 0.15) is 0 Å². The maximum absolute atomic E-state index is 0. The van der Waals surface area contributed by atoms with Gasteiger partial charge in [-0.3, -0.25) is 0 Å². The third-order valence-electron chi connectivity index (χ3n) is 0. The Kier molecular flexibility index (Phi) is 177. The summed E-state index contributed by atoms with van der Waals surface area (Å²) < 4.78 is 0. The monoisotopic (exact) mass is 162 g/mol. The molecule has 0 aromatic rings. The van der Waals surface area contributed by atoms with Gasteiger partial charge in [0.05, 0.1) is 0 Å². The van der Waals surface area contributed by atoms with Gasteiger partial charge in [0.25, 0.3) is 0 Å². The van der Waals surface area contributed by atoms with Crippen LogP contribution < -0.4 is 0 Å². The number of hydrogen-bond acceptors (Lipinski definition) is 0. The molecule has 0 saturated carbocycles. The first kappa shape index (κ1) is 36.1. The zero-order chi connectivity index (χ0) is 0. The van der Waals surface area contributed by atoms with Crippen molar-refractivity contribution in [3.63, 3.8) is 0 Å². The van der Waals surface area contributed by atoms with E-state index in [4.69, 9.17) is 0 Å². The summed E-state index contributed by atoms with van der Waals surface area (Å²) in [6, 6.07) is 0. The molecule has 0 unspecified atom stereocenters. The average Bonchev–Trinajstić information content (AvgIpc) is 0. The van der Waals surface area contributed by atoms with E-state index in [9.17, 15) is 0 Å². The summed E-state index contributed by atoms with van der Waals surface area (Å²) in [6.07, 6.45) is 0. The Morgan fingerprint density at radius 2 is 0.800 bits per heavy atom. The molecule has 24 valence electrons. The van der Waals surface area contributed by atoms with Gasteiger partial charge in [-0.1, -0.05) is 0 Å². The van der Waals surface area contributed by atoms with Crippen LogP contribution in [0.15, 0.2) is 0 Å².